The van der Waals surface area contributed by atoms with Crippen LogP contribution in [0.3, 0.4) is 0 Å². The highest BCUT2D eigenvalue weighted by atomic mass is 127. The molecule has 0 unspecified atom stereocenters. The van der Waals surface area contributed by atoms with Gasteiger partial charge in [-0.3, -0.25) is 9.67 Å². The van der Waals surface area contributed by atoms with E-state index in [4.69, 9.17) is 4.74 Å². The number of hydrogen-bond acceptors (Lipinski definition) is 3. The van der Waals surface area contributed by atoms with Crippen LogP contribution in [0.15, 0.2) is 17.4 Å². The average molecular weight is 437 g/mol. The molecule has 0 fully saturated rings. The number of aliphatic imine (C=N–C) groups is 1. The van der Waals surface area contributed by atoms with Crippen molar-refractivity contribution in [2.24, 2.45) is 10.9 Å². The quantitative estimate of drug-likeness (QED) is 0.256. The molecular weight excluding hydrogens is 405 g/mol. The number of aromatic nitrogens is 2. The molecule has 7 heteroatoms. The molecule has 0 atom stereocenters. The van der Waals surface area contributed by atoms with Gasteiger partial charge in [0.05, 0.1) is 6.20 Å². The van der Waals surface area contributed by atoms with Crippen molar-refractivity contribution in [2.45, 2.75) is 40.2 Å². The van der Waals surface area contributed by atoms with Crippen LogP contribution in [0.5, 0.6) is 0 Å². The number of rotatable bonds is 10. The Labute approximate surface area is 157 Å². The lowest BCUT2D eigenvalue weighted by Gasteiger charge is -2.12. The van der Waals surface area contributed by atoms with Crippen LogP contribution in [0.4, 0.5) is 0 Å². The number of ether oxygens (including phenoxy) is 1. The molecule has 0 aromatic carbocycles. The van der Waals surface area contributed by atoms with Crippen molar-refractivity contribution in [1.82, 2.24) is 20.4 Å². The van der Waals surface area contributed by atoms with Gasteiger partial charge in [-0.15, -0.1) is 24.0 Å². The second-order valence-corrected chi connectivity index (χ2v) is 5.88. The lowest BCUT2D eigenvalue weighted by molar-refractivity contribution is 0.108. The minimum atomic E-state index is 0. The molecule has 2 N–H and O–H groups in total. The molecule has 0 radical (unpaired) electrons. The van der Waals surface area contributed by atoms with Crippen LogP contribution in [-0.2, 0) is 11.3 Å². The summed E-state index contributed by atoms with van der Waals surface area (Å²) in [5.74, 6) is 1.45. The Kier molecular flexibility index (Phi) is 13.1. The molecule has 1 aromatic rings. The summed E-state index contributed by atoms with van der Waals surface area (Å²) in [6.07, 6.45) is 5.94. The van der Waals surface area contributed by atoms with Crippen LogP contribution in [0.25, 0.3) is 0 Å². The van der Waals surface area contributed by atoms with Gasteiger partial charge in [-0.05, 0) is 31.2 Å². The molecule has 1 heterocycles. The van der Waals surface area contributed by atoms with E-state index in [1.54, 1.807) is 7.05 Å². The third kappa shape index (κ3) is 11.4. The van der Waals surface area contributed by atoms with Gasteiger partial charge in [0.1, 0.15) is 0 Å². The molecule has 0 bridgehead atoms. The predicted molar refractivity (Wildman–Crippen MR) is 107 cm³/mol. The van der Waals surface area contributed by atoms with Gasteiger partial charge in [0.15, 0.2) is 5.96 Å². The molecule has 0 aliphatic heterocycles. The molecule has 1 rings (SSSR count). The first-order valence-corrected chi connectivity index (χ1v) is 8.13. The van der Waals surface area contributed by atoms with Crippen molar-refractivity contribution < 1.29 is 4.74 Å². The number of guanidine groups is 1. The maximum atomic E-state index is 5.55. The fourth-order valence-electron chi connectivity index (χ4n) is 1.96. The molecular formula is C16H32IN5O. The number of aryl methyl sites for hydroxylation is 2. The zero-order chi connectivity index (χ0) is 16.2. The van der Waals surface area contributed by atoms with Gasteiger partial charge >= 0.3 is 0 Å². The first-order chi connectivity index (χ1) is 10.6. The van der Waals surface area contributed by atoms with E-state index in [2.05, 4.69) is 47.7 Å². The largest absolute Gasteiger partial charge is 0.381 e. The minimum Gasteiger partial charge on any atom is -0.381 e. The monoisotopic (exact) mass is 437 g/mol. The van der Waals surface area contributed by atoms with Crippen LogP contribution in [-0.4, -0.2) is 49.1 Å². The van der Waals surface area contributed by atoms with Crippen LogP contribution >= 0.6 is 24.0 Å². The SMILES string of the molecule is CN=C(NCCCOCC(C)C)NCCCn1cc(C)cn1.I. The van der Waals surface area contributed by atoms with E-state index in [0.717, 1.165) is 51.6 Å². The third-order valence-corrected chi connectivity index (χ3v) is 3.05. The summed E-state index contributed by atoms with van der Waals surface area (Å²) in [5, 5.41) is 10.9. The van der Waals surface area contributed by atoms with Gasteiger partial charge in [0.2, 0.25) is 0 Å². The molecule has 0 spiro atoms. The van der Waals surface area contributed by atoms with Gasteiger partial charge in [-0.25, -0.2) is 0 Å². The van der Waals surface area contributed by atoms with Crippen LogP contribution < -0.4 is 10.6 Å². The molecule has 0 saturated heterocycles. The average Bonchev–Trinajstić information content (AvgIpc) is 2.90. The van der Waals surface area contributed by atoms with E-state index in [1.165, 1.54) is 5.56 Å². The second kappa shape index (κ2) is 13.6. The maximum Gasteiger partial charge on any atom is 0.190 e. The topological polar surface area (TPSA) is 63.5 Å². The molecule has 0 saturated carbocycles. The molecule has 1 aromatic heterocycles. The van der Waals surface area contributed by atoms with E-state index in [1.807, 2.05) is 10.9 Å². The van der Waals surface area contributed by atoms with E-state index in [9.17, 15) is 0 Å². The highest BCUT2D eigenvalue weighted by Gasteiger charge is 1.98. The molecule has 0 aliphatic carbocycles. The van der Waals surface area contributed by atoms with Gasteiger partial charge < -0.3 is 15.4 Å². The summed E-state index contributed by atoms with van der Waals surface area (Å²) in [6.45, 7) is 10.7. The second-order valence-electron chi connectivity index (χ2n) is 5.88. The number of nitrogens with one attached hydrogen (secondary N) is 2. The maximum absolute atomic E-state index is 5.55. The first kappa shape index (κ1) is 22.2. The lowest BCUT2D eigenvalue weighted by atomic mass is 10.2. The molecule has 23 heavy (non-hydrogen) atoms. The number of hydrogen-bond donors (Lipinski definition) is 2. The van der Waals surface area contributed by atoms with E-state index in [0.29, 0.717) is 5.92 Å². The predicted octanol–water partition coefficient (Wildman–Crippen LogP) is 2.43. The minimum absolute atomic E-state index is 0. The Morgan fingerprint density at radius 2 is 2.00 bits per heavy atom. The fourth-order valence-corrected chi connectivity index (χ4v) is 1.96. The van der Waals surface area contributed by atoms with Crippen molar-refractivity contribution in [3.05, 3.63) is 18.0 Å². The normalized spacial score (nSPS) is 11.4. The Balaban J connectivity index is 0.00000484. The van der Waals surface area contributed by atoms with Crippen molar-refractivity contribution in [2.75, 3.05) is 33.4 Å². The Bertz CT molecular complexity index is 434. The molecule has 0 amide bonds. The number of halogens is 1. The lowest BCUT2D eigenvalue weighted by Crippen LogP contribution is -2.38. The highest BCUT2D eigenvalue weighted by Crippen LogP contribution is 1.95. The van der Waals surface area contributed by atoms with E-state index < -0.39 is 0 Å². The van der Waals surface area contributed by atoms with Crippen molar-refractivity contribution in [3.8, 4) is 0 Å². The Morgan fingerprint density at radius 3 is 2.57 bits per heavy atom. The van der Waals surface area contributed by atoms with Crippen LogP contribution in [0.1, 0.15) is 32.3 Å². The van der Waals surface area contributed by atoms with Crippen LogP contribution in [0.2, 0.25) is 0 Å². The third-order valence-electron chi connectivity index (χ3n) is 3.05. The van der Waals surface area contributed by atoms with Crippen molar-refractivity contribution in [3.63, 3.8) is 0 Å². The van der Waals surface area contributed by atoms with Gasteiger partial charge in [0.25, 0.3) is 0 Å². The molecule has 0 aliphatic rings. The summed E-state index contributed by atoms with van der Waals surface area (Å²) < 4.78 is 7.52. The zero-order valence-corrected chi connectivity index (χ0v) is 17.2. The summed E-state index contributed by atoms with van der Waals surface area (Å²) in [7, 11) is 1.79. The van der Waals surface area contributed by atoms with Gasteiger partial charge in [0, 0.05) is 46.1 Å². The highest BCUT2D eigenvalue weighted by molar-refractivity contribution is 14.0. The standard InChI is InChI=1S/C16H31N5O.HI/c1-14(2)13-22-10-6-8-19-16(17-4)18-7-5-9-21-12-15(3)11-20-21;/h11-12,14H,5-10,13H2,1-4H3,(H2,17,18,19);1H. The fraction of sp³-hybridized carbons (Fsp3) is 0.750. The van der Waals surface area contributed by atoms with Gasteiger partial charge in [-0.2, -0.15) is 5.10 Å². The van der Waals surface area contributed by atoms with Crippen molar-refractivity contribution >= 4 is 29.9 Å². The Hall–Kier alpha value is -0.830. The molecule has 134 valence electrons. The smallest absolute Gasteiger partial charge is 0.190 e. The summed E-state index contributed by atoms with van der Waals surface area (Å²) in [4.78, 5) is 4.21. The Morgan fingerprint density at radius 1 is 1.30 bits per heavy atom. The van der Waals surface area contributed by atoms with Crippen LogP contribution in [0, 0.1) is 12.8 Å². The summed E-state index contributed by atoms with van der Waals surface area (Å²) in [6, 6.07) is 0. The summed E-state index contributed by atoms with van der Waals surface area (Å²) >= 11 is 0. The van der Waals surface area contributed by atoms with Gasteiger partial charge in [-0.1, -0.05) is 13.8 Å². The van der Waals surface area contributed by atoms with E-state index in [-0.39, 0.29) is 24.0 Å². The van der Waals surface area contributed by atoms with E-state index >= 15 is 0 Å². The molecule has 6 nitrogen and oxygen atoms in total. The number of nitrogens with zero attached hydrogens (tertiary/aromatic N) is 3. The summed E-state index contributed by atoms with van der Waals surface area (Å²) in [5.41, 5.74) is 1.20. The first-order valence-electron chi connectivity index (χ1n) is 8.13. The van der Waals surface area contributed by atoms with Crippen molar-refractivity contribution in [1.29, 1.82) is 0 Å². The zero-order valence-electron chi connectivity index (χ0n) is 14.8.